The summed E-state index contributed by atoms with van der Waals surface area (Å²) in [6, 6.07) is 11.6. The van der Waals surface area contributed by atoms with E-state index in [-0.39, 0.29) is 11.7 Å². The van der Waals surface area contributed by atoms with Crippen LogP contribution in [0.4, 0.5) is 4.39 Å². The van der Waals surface area contributed by atoms with Crippen molar-refractivity contribution in [2.45, 2.75) is 6.92 Å². The van der Waals surface area contributed by atoms with E-state index in [0.29, 0.717) is 17.9 Å². The van der Waals surface area contributed by atoms with Crippen molar-refractivity contribution in [3.63, 3.8) is 0 Å². The largest absolute Gasteiger partial charge is 0.494 e. The van der Waals surface area contributed by atoms with Crippen LogP contribution in [0, 0.1) is 5.82 Å². The maximum atomic E-state index is 13.6. The highest BCUT2D eigenvalue weighted by molar-refractivity contribution is 5.94. The fourth-order valence-electron chi connectivity index (χ4n) is 1.94. The van der Waals surface area contributed by atoms with Gasteiger partial charge in [-0.15, -0.1) is 0 Å². The van der Waals surface area contributed by atoms with E-state index in [2.05, 4.69) is 5.32 Å². The molecule has 0 spiro atoms. The first-order valence-corrected chi connectivity index (χ1v) is 6.40. The molecule has 0 unspecified atom stereocenters. The monoisotopic (exact) mass is 273 g/mol. The van der Waals surface area contributed by atoms with E-state index in [1.807, 2.05) is 6.92 Å². The number of halogens is 1. The molecule has 104 valence electrons. The van der Waals surface area contributed by atoms with Crippen molar-refractivity contribution in [3.05, 3.63) is 53.8 Å². The number of carbonyl (C=O) groups excluding carboxylic acids is 1. The molecule has 0 radical (unpaired) electrons. The fourth-order valence-corrected chi connectivity index (χ4v) is 1.94. The number of ether oxygens (including phenoxy) is 1. The third-order valence-electron chi connectivity index (χ3n) is 2.89. The van der Waals surface area contributed by atoms with E-state index in [1.165, 1.54) is 12.1 Å². The molecule has 2 rings (SSSR count). The first-order chi connectivity index (χ1) is 9.63. The Hall–Kier alpha value is -2.36. The van der Waals surface area contributed by atoms with Gasteiger partial charge in [0, 0.05) is 18.7 Å². The lowest BCUT2D eigenvalue weighted by atomic mass is 10.0. The maximum Gasteiger partial charge on any atom is 0.251 e. The lowest BCUT2D eigenvalue weighted by molar-refractivity contribution is 0.0963. The summed E-state index contributed by atoms with van der Waals surface area (Å²) < 4.78 is 18.9. The molecule has 0 atom stereocenters. The molecular formula is C16H16FNO2. The maximum absolute atomic E-state index is 13.6. The van der Waals surface area contributed by atoms with Crippen LogP contribution in [0.3, 0.4) is 0 Å². The van der Waals surface area contributed by atoms with Crippen LogP contribution in [0.2, 0.25) is 0 Å². The topological polar surface area (TPSA) is 38.3 Å². The van der Waals surface area contributed by atoms with E-state index >= 15 is 0 Å². The molecule has 1 N–H and O–H groups in total. The Morgan fingerprint density at radius 2 is 1.85 bits per heavy atom. The third-order valence-corrected chi connectivity index (χ3v) is 2.89. The highest BCUT2D eigenvalue weighted by Gasteiger charge is 2.06. The van der Waals surface area contributed by atoms with Crippen molar-refractivity contribution in [1.29, 1.82) is 0 Å². The van der Waals surface area contributed by atoms with Crippen molar-refractivity contribution in [2.24, 2.45) is 0 Å². The Labute approximate surface area is 117 Å². The Morgan fingerprint density at radius 1 is 1.15 bits per heavy atom. The molecule has 0 heterocycles. The normalized spacial score (nSPS) is 10.2. The van der Waals surface area contributed by atoms with E-state index in [4.69, 9.17) is 4.74 Å². The molecule has 0 bridgehead atoms. The Bertz CT molecular complexity index is 608. The fraction of sp³-hybridized carbons (Fsp3) is 0.188. The molecule has 20 heavy (non-hydrogen) atoms. The van der Waals surface area contributed by atoms with Crippen molar-refractivity contribution >= 4 is 5.91 Å². The van der Waals surface area contributed by atoms with Crippen LogP contribution in [0.5, 0.6) is 5.75 Å². The summed E-state index contributed by atoms with van der Waals surface area (Å²) in [7, 11) is 1.58. The smallest absolute Gasteiger partial charge is 0.251 e. The number of amides is 1. The number of hydrogen-bond donors (Lipinski definition) is 1. The zero-order valence-corrected chi connectivity index (χ0v) is 11.4. The minimum atomic E-state index is -0.346. The number of benzene rings is 2. The number of rotatable bonds is 4. The Morgan fingerprint density at radius 3 is 2.45 bits per heavy atom. The van der Waals surface area contributed by atoms with Gasteiger partial charge < -0.3 is 10.1 Å². The highest BCUT2D eigenvalue weighted by Crippen LogP contribution is 2.26. The zero-order chi connectivity index (χ0) is 14.5. The number of nitrogens with one attached hydrogen (secondary N) is 1. The number of carbonyl (C=O) groups is 1. The summed E-state index contributed by atoms with van der Waals surface area (Å²) >= 11 is 0. The van der Waals surface area contributed by atoms with Gasteiger partial charge >= 0.3 is 0 Å². The molecule has 0 saturated carbocycles. The van der Waals surface area contributed by atoms with Gasteiger partial charge in [0.2, 0.25) is 0 Å². The summed E-state index contributed by atoms with van der Waals surface area (Å²) in [6.07, 6.45) is 0. The molecule has 3 nitrogen and oxygen atoms in total. The lowest BCUT2D eigenvalue weighted by Crippen LogP contribution is -2.17. The molecule has 0 aliphatic heterocycles. The highest BCUT2D eigenvalue weighted by atomic mass is 19.1. The SMILES string of the molecule is CCOc1cc(F)cc(-c2ccc(C(=O)NC)cc2)c1. The lowest BCUT2D eigenvalue weighted by Gasteiger charge is -2.08. The van der Waals surface area contributed by atoms with Gasteiger partial charge in [-0.2, -0.15) is 0 Å². The van der Waals surface area contributed by atoms with Gasteiger partial charge in [-0.25, -0.2) is 4.39 Å². The van der Waals surface area contributed by atoms with Crippen LogP contribution in [0.1, 0.15) is 17.3 Å². The average Bonchev–Trinajstić information content (AvgIpc) is 2.46. The molecule has 2 aromatic rings. The minimum Gasteiger partial charge on any atom is -0.494 e. The summed E-state index contributed by atoms with van der Waals surface area (Å²) in [5, 5.41) is 2.56. The van der Waals surface area contributed by atoms with Gasteiger partial charge in [-0.05, 0) is 42.3 Å². The van der Waals surface area contributed by atoms with Crippen LogP contribution in [0.25, 0.3) is 11.1 Å². The van der Waals surface area contributed by atoms with E-state index in [0.717, 1.165) is 11.1 Å². The average molecular weight is 273 g/mol. The van der Waals surface area contributed by atoms with Gasteiger partial charge in [0.1, 0.15) is 11.6 Å². The molecule has 0 aliphatic rings. The van der Waals surface area contributed by atoms with Crippen molar-refractivity contribution in [1.82, 2.24) is 5.32 Å². The summed E-state index contributed by atoms with van der Waals surface area (Å²) in [5.74, 6) is 0.00463. The number of hydrogen-bond acceptors (Lipinski definition) is 2. The summed E-state index contributed by atoms with van der Waals surface area (Å²) in [6.45, 7) is 2.33. The van der Waals surface area contributed by atoms with Crippen LogP contribution in [-0.2, 0) is 0 Å². The van der Waals surface area contributed by atoms with Crippen LogP contribution >= 0.6 is 0 Å². The standard InChI is InChI=1S/C16H16FNO2/c1-3-20-15-9-13(8-14(17)10-15)11-4-6-12(7-5-11)16(19)18-2/h4-10H,3H2,1-2H3,(H,18,19). The van der Waals surface area contributed by atoms with E-state index < -0.39 is 0 Å². The second-order valence-electron chi connectivity index (χ2n) is 4.27. The molecule has 0 aromatic heterocycles. The third kappa shape index (κ3) is 3.15. The molecular weight excluding hydrogens is 257 g/mol. The molecule has 4 heteroatoms. The van der Waals surface area contributed by atoms with Crippen molar-refractivity contribution < 1.29 is 13.9 Å². The van der Waals surface area contributed by atoms with Gasteiger partial charge in [0.15, 0.2) is 0 Å². The van der Waals surface area contributed by atoms with Gasteiger partial charge in [-0.1, -0.05) is 12.1 Å². The quantitative estimate of drug-likeness (QED) is 0.928. The predicted molar refractivity (Wildman–Crippen MR) is 76.4 cm³/mol. The summed E-state index contributed by atoms with van der Waals surface area (Å²) in [4.78, 5) is 11.5. The molecule has 2 aromatic carbocycles. The van der Waals surface area contributed by atoms with Crippen LogP contribution < -0.4 is 10.1 Å². The second kappa shape index (κ2) is 6.19. The van der Waals surface area contributed by atoms with Gasteiger partial charge in [0.25, 0.3) is 5.91 Å². The van der Waals surface area contributed by atoms with E-state index in [1.54, 1.807) is 37.4 Å². The molecule has 1 amide bonds. The first kappa shape index (κ1) is 14.1. The first-order valence-electron chi connectivity index (χ1n) is 6.40. The zero-order valence-electron chi connectivity index (χ0n) is 11.4. The predicted octanol–water partition coefficient (Wildman–Crippen LogP) is 3.25. The van der Waals surface area contributed by atoms with Gasteiger partial charge in [0.05, 0.1) is 6.61 Å². The molecule has 0 aliphatic carbocycles. The molecule has 0 fully saturated rings. The summed E-state index contributed by atoms with van der Waals surface area (Å²) in [5.41, 5.74) is 2.12. The van der Waals surface area contributed by atoms with Crippen LogP contribution in [0.15, 0.2) is 42.5 Å². The second-order valence-corrected chi connectivity index (χ2v) is 4.27. The van der Waals surface area contributed by atoms with Crippen molar-refractivity contribution in [2.75, 3.05) is 13.7 Å². The van der Waals surface area contributed by atoms with Gasteiger partial charge in [-0.3, -0.25) is 4.79 Å². The van der Waals surface area contributed by atoms with E-state index in [9.17, 15) is 9.18 Å². The Kier molecular flexibility index (Phi) is 4.35. The minimum absolute atomic E-state index is 0.147. The van der Waals surface area contributed by atoms with Crippen molar-refractivity contribution in [3.8, 4) is 16.9 Å². The molecule has 0 saturated heterocycles. The Balaban J connectivity index is 2.33. The van der Waals surface area contributed by atoms with Crippen LogP contribution in [-0.4, -0.2) is 19.6 Å².